The third kappa shape index (κ3) is 5.20. The minimum atomic E-state index is -3.60. The zero-order valence-corrected chi connectivity index (χ0v) is 17.3. The third-order valence-corrected chi connectivity index (χ3v) is 7.05. The molecular formula is C18H25ClN4O3S. The van der Waals surface area contributed by atoms with E-state index >= 15 is 0 Å². The summed E-state index contributed by atoms with van der Waals surface area (Å²) in [4.78, 5) is 14.3. The number of nitriles is 1. The maximum absolute atomic E-state index is 12.7. The van der Waals surface area contributed by atoms with Crippen LogP contribution in [0, 0.1) is 17.2 Å². The summed E-state index contributed by atoms with van der Waals surface area (Å²) in [6.07, 6.45) is 0. The van der Waals surface area contributed by atoms with Gasteiger partial charge in [-0.15, -0.1) is 0 Å². The standard InChI is InChI=1S/C18H25ClN4O3S/c1-14(2)18(3,13-20)21-17(24)12-22-7-9-23(10-8-22)27(25,26)16-6-4-5-15(19)11-16/h4-6,11,14H,7-10,12H2,1-3H3,(H,21,24)/t18-/m1/s1. The first-order valence-corrected chi connectivity index (χ1v) is 10.6. The van der Waals surface area contributed by atoms with Crippen molar-refractivity contribution in [3.8, 4) is 6.07 Å². The molecular weight excluding hydrogens is 388 g/mol. The van der Waals surface area contributed by atoms with Gasteiger partial charge in [-0.2, -0.15) is 9.57 Å². The van der Waals surface area contributed by atoms with E-state index in [1.807, 2.05) is 18.7 Å². The van der Waals surface area contributed by atoms with Crippen LogP contribution in [0.5, 0.6) is 0 Å². The molecule has 1 amide bonds. The molecule has 1 aliphatic rings. The van der Waals surface area contributed by atoms with Crippen molar-refractivity contribution >= 4 is 27.5 Å². The average Bonchev–Trinajstić information content (AvgIpc) is 2.61. The van der Waals surface area contributed by atoms with Gasteiger partial charge < -0.3 is 5.32 Å². The lowest BCUT2D eigenvalue weighted by atomic mass is 9.90. The molecule has 0 bridgehead atoms. The number of carbonyl (C=O) groups is 1. The molecule has 0 unspecified atom stereocenters. The monoisotopic (exact) mass is 412 g/mol. The van der Waals surface area contributed by atoms with Gasteiger partial charge in [-0.05, 0) is 31.0 Å². The van der Waals surface area contributed by atoms with E-state index in [-0.39, 0.29) is 23.3 Å². The number of amides is 1. The molecule has 1 aliphatic heterocycles. The van der Waals surface area contributed by atoms with E-state index in [9.17, 15) is 18.5 Å². The maximum Gasteiger partial charge on any atom is 0.243 e. The fourth-order valence-electron chi connectivity index (χ4n) is 2.74. The number of nitrogens with zero attached hydrogens (tertiary/aromatic N) is 3. The van der Waals surface area contributed by atoms with Crippen LogP contribution in [-0.4, -0.2) is 61.8 Å². The van der Waals surface area contributed by atoms with Crippen molar-refractivity contribution in [1.29, 1.82) is 5.26 Å². The van der Waals surface area contributed by atoms with E-state index in [0.717, 1.165) is 0 Å². The average molecular weight is 413 g/mol. The highest BCUT2D eigenvalue weighted by molar-refractivity contribution is 7.89. The van der Waals surface area contributed by atoms with Gasteiger partial charge in [-0.1, -0.05) is 31.5 Å². The van der Waals surface area contributed by atoms with Gasteiger partial charge in [0.2, 0.25) is 15.9 Å². The lowest BCUT2D eigenvalue weighted by Gasteiger charge is -2.34. The summed E-state index contributed by atoms with van der Waals surface area (Å²) in [6.45, 7) is 7.06. The zero-order valence-electron chi connectivity index (χ0n) is 15.8. The minimum Gasteiger partial charge on any atom is -0.337 e. The predicted octanol–water partition coefficient (Wildman–Crippen LogP) is 1.70. The normalized spacial score (nSPS) is 18.7. The Labute approximate surface area is 165 Å². The van der Waals surface area contributed by atoms with Gasteiger partial charge in [-0.3, -0.25) is 9.69 Å². The highest BCUT2D eigenvalue weighted by atomic mass is 35.5. The van der Waals surface area contributed by atoms with Gasteiger partial charge in [0.05, 0.1) is 17.5 Å². The first-order chi connectivity index (χ1) is 12.6. The van der Waals surface area contributed by atoms with Gasteiger partial charge >= 0.3 is 0 Å². The van der Waals surface area contributed by atoms with E-state index in [4.69, 9.17) is 11.6 Å². The molecule has 1 N–H and O–H groups in total. The first-order valence-electron chi connectivity index (χ1n) is 8.79. The van der Waals surface area contributed by atoms with Gasteiger partial charge in [0.15, 0.2) is 0 Å². The van der Waals surface area contributed by atoms with Crippen molar-refractivity contribution in [3.63, 3.8) is 0 Å². The minimum absolute atomic E-state index is 0.0221. The molecule has 2 rings (SSSR count). The molecule has 0 aromatic heterocycles. The SMILES string of the molecule is CC(C)[C@@](C)(C#N)NC(=O)CN1CCN(S(=O)(=O)c2cccc(Cl)c2)CC1. The molecule has 1 heterocycles. The number of piperazine rings is 1. The molecule has 0 spiro atoms. The summed E-state index contributed by atoms with van der Waals surface area (Å²) in [7, 11) is -3.60. The van der Waals surface area contributed by atoms with Crippen LogP contribution >= 0.6 is 11.6 Å². The lowest BCUT2D eigenvalue weighted by molar-refractivity contribution is -0.124. The molecule has 7 nitrogen and oxygen atoms in total. The van der Waals surface area contributed by atoms with Gasteiger partial charge in [0.1, 0.15) is 5.54 Å². The fraction of sp³-hybridized carbons (Fsp3) is 0.556. The maximum atomic E-state index is 12.7. The van der Waals surface area contributed by atoms with Crippen molar-refractivity contribution in [2.75, 3.05) is 32.7 Å². The Morgan fingerprint density at radius 3 is 2.48 bits per heavy atom. The highest BCUT2D eigenvalue weighted by Crippen LogP contribution is 2.21. The molecule has 1 aromatic rings. The van der Waals surface area contributed by atoms with Crippen LogP contribution in [0.3, 0.4) is 0 Å². The molecule has 148 valence electrons. The quantitative estimate of drug-likeness (QED) is 0.767. The number of nitrogens with one attached hydrogen (secondary N) is 1. The summed E-state index contributed by atoms with van der Waals surface area (Å²) < 4.78 is 26.8. The number of carbonyl (C=O) groups excluding carboxylic acids is 1. The van der Waals surface area contributed by atoms with Crippen LogP contribution < -0.4 is 5.32 Å². The van der Waals surface area contributed by atoms with Crippen molar-refractivity contribution < 1.29 is 13.2 Å². The second-order valence-corrected chi connectivity index (χ2v) is 9.53. The van der Waals surface area contributed by atoms with Crippen LogP contribution in [0.25, 0.3) is 0 Å². The van der Waals surface area contributed by atoms with Crippen molar-refractivity contribution in [2.45, 2.75) is 31.2 Å². The van der Waals surface area contributed by atoms with E-state index < -0.39 is 15.6 Å². The molecule has 1 aromatic carbocycles. The molecule has 9 heteroatoms. The molecule has 1 fully saturated rings. The molecule has 1 atom stereocenters. The van der Waals surface area contributed by atoms with Crippen LogP contribution in [0.1, 0.15) is 20.8 Å². The number of rotatable bonds is 6. The topological polar surface area (TPSA) is 93.5 Å². The number of halogens is 1. The Morgan fingerprint density at radius 2 is 1.96 bits per heavy atom. The Balaban J connectivity index is 1.94. The Kier molecular flexibility index (Phi) is 6.87. The van der Waals surface area contributed by atoms with Crippen molar-refractivity contribution in [3.05, 3.63) is 29.3 Å². The van der Waals surface area contributed by atoms with Crippen LogP contribution in [-0.2, 0) is 14.8 Å². The van der Waals surface area contributed by atoms with Gasteiger partial charge in [-0.25, -0.2) is 8.42 Å². The zero-order chi connectivity index (χ0) is 20.2. The number of hydrogen-bond donors (Lipinski definition) is 1. The largest absolute Gasteiger partial charge is 0.337 e. The third-order valence-electron chi connectivity index (χ3n) is 4.92. The second-order valence-electron chi connectivity index (χ2n) is 7.15. The van der Waals surface area contributed by atoms with Crippen LogP contribution in [0.4, 0.5) is 0 Å². The Hall–Kier alpha value is -1.66. The molecule has 0 saturated carbocycles. The summed E-state index contributed by atoms with van der Waals surface area (Å²) in [6, 6.07) is 8.34. The smallest absolute Gasteiger partial charge is 0.243 e. The predicted molar refractivity (Wildman–Crippen MR) is 104 cm³/mol. The Bertz CT molecular complexity index is 829. The van der Waals surface area contributed by atoms with E-state index in [1.165, 1.54) is 16.4 Å². The van der Waals surface area contributed by atoms with Gasteiger partial charge in [0, 0.05) is 31.2 Å². The Morgan fingerprint density at radius 1 is 1.33 bits per heavy atom. The summed E-state index contributed by atoms with van der Waals surface area (Å²) in [5, 5.41) is 12.4. The summed E-state index contributed by atoms with van der Waals surface area (Å²) >= 11 is 5.90. The van der Waals surface area contributed by atoms with Crippen LogP contribution in [0.2, 0.25) is 5.02 Å². The highest BCUT2D eigenvalue weighted by Gasteiger charge is 2.32. The van der Waals surface area contributed by atoms with E-state index in [0.29, 0.717) is 31.2 Å². The summed E-state index contributed by atoms with van der Waals surface area (Å²) in [5.41, 5.74) is -0.922. The molecule has 0 radical (unpaired) electrons. The van der Waals surface area contributed by atoms with Crippen LogP contribution in [0.15, 0.2) is 29.2 Å². The molecule has 1 saturated heterocycles. The molecule has 0 aliphatic carbocycles. The van der Waals surface area contributed by atoms with E-state index in [1.54, 1.807) is 19.1 Å². The summed E-state index contributed by atoms with van der Waals surface area (Å²) in [5.74, 6) is -0.259. The van der Waals surface area contributed by atoms with Crippen molar-refractivity contribution in [1.82, 2.24) is 14.5 Å². The number of sulfonamides is 1. The molecule has 27 heavy (non-hydrogen) atoms. The van der Waals surface area contributed by atoms with E-state index in [2.05, 4.69) is 11.4 Å². The second kappa shape index (κ2) is 8.57. The fourth-order valence-corrected chi connectivity index (χ4v) is 4.46. The van der Waals surface area contributed by atoms with Gasteiger partial charge in [0.25, 0.3) is 0 Å². The lowest BCUT2D eigenvalue weighted by Crippen LogP contribution is -2.55. The van der Waals surface area contributed by atoms with Crippen molar-refractivity contribution in [2.24, 2.45) is 5.92 Å². The first kappa shape index (κ1) is 21.6. The number of benzene rings is 1. The number of hydrogen-bond acceptors (Lipinski definition) is 5.